The summed E-state index contributed by atoms with van der Waals surface area (Å²) in [6, 6.07) is 10.4. The quantitative estimate of drug-likeness (QED) is 0.818. The van der Waals surface area contributed by atoms with E-state index < -0.39 is 21.7 Å². The van der Waals surface area contributed by atoms with Crippen LogP contribution in [0.3, 0.4) is 0 Å². The molecule has 0 aromatic heterocycles. The SMILES string of the molecule is CCS(=O)(=O)Nc1ccc(NC(=O)Cc2c(F)cccc2Cl)cc1. The van der Waals surface area contributed by atoms with Gasteiger partial charge in [0, 0.05) is 22.0 Å². The third-order valence-corrected chi connectivity index (χ3v) is 4.88. The molecule has 2 aromatic carbocycles. The lowest BCUT2D eigenvalue weighted by molar-refractivity contribution is -0.115. The minimum Gasteiger partial charge on any atom is -0.326 e. The highest BCUT2D eigenvalue weighted by Gasteiger charge is 2.12. The van der Waals surface area contributed by atoms with E-state index in [4.69, 9.17) is 11.6 Å². The van der Waals surface area contributed by atoms with Gasteiger partial charge >= 0.3 is 0 Å². The number of hydrogen-bond acceptors (Lipinski definition) is 3. The van der Waals surface area contributed by atoms with Gasteiger partial charge in [-0.05, 0) is 43.3 Å². The van der Waals surface area contributed by atoms with Gasteiger partial charge in [0.25, 0.3) is 0 Å². The average molecular weight is 371 g/mol. The van der Waals surface area contributed by atoms with Crippen molar-refractivity contribution in [1.82, 2.24) is 0 Å². The summed E-state index contributed by atoms with van der Waals surface area (Å²) in [6.07, 6.45) is -0.199. The molecule has 1 amide bonds. The van der Waals surface area contributed by atoms with E-state index in [1.54, 1.807) is 12.1 Å². The molecule has 0 saturated carbocycles. The van der Waals surface area contributed by atoms with Gasteiger partial charge in [-0.25, -0.2) is 12.8 Å². The smallest absolute Gasteiger partial charge is 0.232 e. The third kappa shape index (κ3) is 4.94. The second kappa shape index (κ2) is 7.63. The molecule has 128 valence electrons. The van der Waals surface area contributed by atoms with Gasteiger partial charge in [-0.15, -0.1) is 0 Å². The number of sulfonamides is 1. The third-order valence-electron chi connectivity index (χ3n) is 3.22. The van der Waals surface area contributed by atoms with Crippen LogP contribution >= 0.6 is 11.6 Å². The molecule has 2 rings (SSSR count). The van der Waals surface area contributed by atoms with Gasteiger partial charge in [-0.2, -0.15) is 0 Å². The number of hydrogen-bond donors (Lipinski definition) is 2. The Morgan fingerprint density at radius 1 is 1.12 bits per heavy atom. The molecule has 0 spiro atoms. The average Bonchev–Trinajstić information content (AvgIpc) is 2.53. The Kier molecular flexibility index (Phi) is 5.80. The Morgan fingerprint density at radius 3 is 2.33 bits per heavy atom. The topological polar surface area (TPSA) is 75.3 Å². The summed E-state index contributed by atoms with van der Waals surface area (Å²) < 4.78 is 39.0. The van der Waals surface area contributed by atoms with E-state index in [0.717, 1.165) is 0 Å². The van der Waals surface area contributed by atoms with Crippen LogP contribution in [0.15, 0.2) is 42.5 Å². The van der Waals surface area contributed by atoms with Gasteiger partial charge in [0.2, 0.25) is 15.9 Å². The maximum absolute atomic E-state index is 13.7. The Morgan fingerprint density at radius 2 is 1.75 bits per heavy atom. The molecule has 8 heteroatoms. The number of carbonyl (C=O) groups is 1. The van der Waals surface area contributed by atoms with Gasteiger partial charge in [0.15, 0.2) is 0 Å². The molecule has 0 atom stereocenters. The predicted octanol–water partition coefficient (Wildman–Crippen LogP) is 3.42. The summed E-state index contributed by atoms with van der Waals surface area (Å²) in [5.74, 6) is -1.000. The maximum atomic E-state index is 13.7. The molecule has 0 unspecified atom stereocenters. The number of halogens is 2. The zero-order valence-electron chi connectivity index (χ0n) is 12.8. The summed E-state index contributed by atoms with van der Waals surface area (Å²) in [5.41, 5.74) is 0.989. The van der Waals surface area contributed by atoms with Crippen molar-refractivity contribution in [2.75, 3.05) is 15.8 Å². The fourth-order valence-corrected chi connectivity index (χ4v) is 2.81. The monoisotopic (exact) mass is 370 g/mol. The molecule has 0 radical (unpaired) electrons. The first-order valence-electron chi connectivity index (χ1n) is 7.14. The van der Waals surface area contributed by atoms with Crippen molar-refractivity contribution >= 4 is 38.9 Å². The number of amides is 1. The summed E-state index contributed by atoms with van der Waals surface area (Å²) in [4.78, 5) is 12.0. The molecule has 2 N–H and O–H groups in total. The molecule has 0 aliphatic heterocycles. The summed E-state index contributed by atoms with van der Waals surface area (Å²) in [6.45, 7) is 1.53. The van der Waals surface area contributed by atoms with Crippen LogP contribution in [-0.4, -0.2) is 20.1 Å². The Labute approximate surface area is 144 Å². The molecule has 0 aliphatic carbocycles. The summed E-state index contributed by atoms with van der Waals surface area (Å²) >= 11 is 5.89. The van der Waals surface area contributed by atoms with Crippen LogP contribution in [0.5, 0.6) is 0 Å². The first-order valence-corrected chi connectivity index (χ1v) is 9.17. The lowest BCUT2D eigenvalue weighted by atomic mass is 10.1. The normalized spacial score (nSPS) is 11.1. The van der Waals surface area contributed by atoms with Crippen molar-refractivity contribution < 1.29 is 17.6 Å². The van der Waals surface area contributed by atoms with Crippen molar-refractivity contribution in [1.29, 1.82) is 0 Å². The Hall–Kier alpha value is -2.12. The molecule has 0 fully saturated rings. The highest BCUT2D eigenvalue weighted by molar-refractivity contribution is 7.92. The van der Waals surface area contributed by atoms with Crippen molar-refractivity contribution in [2.24, 2.45) is 0 Å². The van der Waals surface area contributed by atoms with Gasteiger partial charge in [-0.1, -0.05) is 17.7 Å². The highest BCUT2D eigenvalue weighted by atomic mass is 35.5. The zero-order valence-corrected chi connectivity index (χ0v) is 14.4. The fraction of sp³-hybridized carbons (Fsp3) is 0.188. The Balaban J connectivity index is 2.02. The van der Waals surface area contributed by atoms with E-state index in [0.29, 0.717) is 11.4 Å². The molecule has 24 heavy (non-hydrogen) atoms. The molecule has 0 bridgehead atoms. The van der Waals surface area contributed by atoms with Gasteiger partial charge < -0.3 is 5.32 Å². The molecule has 2 aromatic rings. The van der Waals surface area contributed by atoms with Gasteiger partial charge in [-0.3, -0.25) is 9.52 Å². The number of benzene rings is 2. The number of carbonyl (C=O) groups excluding carboxylic acids is 1. The van der Waals surface area contributed by atoms with Gasteiger partial charge in [0.05, 0.1) is 12.2 Å². The van der Waals surface area contributed by atoms with E-state index in [1.807, 2.05) is 0 Å². The van der Waals surface area contributed by atoms with Crippen LogP contribution in [0.25, 0.3) is 0 Å². The van der Waals surface area contributed by atoms with E-state index >= 15 is 0 Å². The van der Waals surface area contributed by atoms with Crippen LogP contribution in [0.2, 0.25) is 5.02 Å². The number of nitrogens with one attached hydrogen (secondary N) is 2. The van der Waals surface area contributed by atoms with E-state index in [-0.39, 0.29) is 22.8 Å². The van der Waals surface area contributed by atoms with E-state index in [1.165, 1.54) is 37.3 Å². The highest BCUT2D eigenvalue weighted by Crippen LogP contribution is 2.20. The lowest BCUT2D eigenvalue weighted by Gasteiger charge is -2.09. The predicted molar refractivity (Wildman–Crippen MR) is 93.3 cm³/mol. The van der Waals surface area contributed by atoms with Crippen LogP contribution in [0.1, 0.15) is 12.5 Å². The molecule has 0 heterocycles. The molecular formula is C16H16ClFN2O3S. The fourth-order valence-electron chi connectivity index (χ4n) is 1.94. The van der Waals surface area contributed by atoms with Crippen molar-refractivity contribution in [3.63, 3.8) is 0 Å². The number of anilines is 2. The zero-order chi connectivity index (χ0) is 17.7. The standard InChI is InChI=1S/C16H16ClFN2O3S/c1-2-24(22,23)20-12-8-6-11(7-9-12)19-16(21)10-13-14(17)4-3-5-15(13)18/h3-9,20H,2,10H2,1H3,(H,19,21). The van der Waals surface area contributed by atoms with E-state index in [2.05, 4.69) is 10.0 Å². The molecule has 0 saturated heterocycles. The van der Waals surface area contributed by atoms with Crippen molar-refractivity contribution in [3.8, 4) is 0 Å². The van der Waals surface area contributed by atoms with Crippen molar-refractivity contribution in [3.05, 3.63) is 58.9 Å². The molecule has 5 nitrogen and oxygen atoms in total. The Bertz CT molecular complexity index is 819. The minimum absolute atomic E-state index is 0.0329. The molecule has 0 aliphatic rings. The van der Waals surface area contributed by atoms with Crippen LogP contribution in [0, 0.1) is 5.82 Å². The molecular weight excluding hydrogens is 355 g/mol. The number of rotatable bonds is 6. The summed E-state index contributed by atoms with van der Waals surface area (Å²) in [5, 5.41) is 2.80. The first-order chi connectivity index (χ1) is 11.3. The van der Waals surface area contributed by atoms with Crippen LogP contribution < -0.4 is 10.0 Å². The lowest BCUT2D eigenvalue weighted by Crippen LogP contribution is -2.16. The maximum Gasteiger partial charge on any atom is 0.232 e. The van der Waals surface area contributed by atoms with Crippen LogP contribution in [-0.2, 0) is 21.2 Å². The largest absolute Gasteiger partial charge is 0.326 e. The van der Waals surface area contributed by atoms with Crippen LogP contribution in [0.4, 0.5) is 15.8 Å². The van der Waals surface area contributed by atoms with E-state index in [9.17, 15) is 17.6 Å². The second-order valence-electron chi connectivity index (χ2n) is 5.01. The first kappa shape index (κ1) is 18.2. The summed E-state index contributed by atoms with van der Waals surface area (Å²) in [7, 11) is -3.35. The second-order valence-corrected chi connectivity index (χ2v) is 7.43. The van der Waals surface area contributed by atoms with Crippen molar-refractivity contribution in [2.45, 2.75) is 13.3 Å². The minimum atomic E-state index is -3.35. The van der Waals surface area contributed by atoms with Gasteiger partial charge in [0.1, 0.15) is 5.82 Å².